The fourth-order valence-corrected chi connectivity index (χ4v) is 4.20. The van der Waals surface area contributed by atoms with Crippen LogP contribution in [0.1, 0.15) is 49.7 Å². The molecule has 0 saturated carbocycles. The number of amides is 1. The van der Waals surface area contributed by atoms with Gasteiger partial charge in [0.25, 0.3) is 0 Å². The molecule has 1 aromatic heterocycles. The summed E-state index contributed by atoms with van der Waals surface area (Å²) in [5.41, 5.74) is 3.32. The molecular weight excluding hydrogens is 380 g/mol. The second-order valence-electron chi connectivity index (χ2n) is 7.22. The minimum absolute atomic E-state index is 0.00810. The van der Waals surface area contributed by atoms with Crippen molar-refractivity contribution in [1.29, 1.82) is 0 Å². The van der Waals surface area contributed by atoms with Gasteiger partial charge in [0.2, 0.25) is 5.91 Å². The number of carbonyl (C=O) groups is 1. The van der Waals surface area contributed by atoms with Gasteiger partial charge in [-0.2, -0.15) is 0 Å². The maximum atomic E-state index is 12.9. The van der Waals surface area contributed by atoms with Crippen molar-refractivity contribution in [3.05, 3.63) is 71.5 Å². The van der Waals surface area contributed by atoms with E-state index in [1.807, 2.05) is 48.7 Å². The molecule has 0 saturated heterocycles. The lowest BCUT2D eigenvalue weighted by atomic mass is 10.0. The van der Waals surface area contributed by atoms with Gasteiger partial charge in [0.15, 0.2) is 5.16 Å². The van der Waals surface area contributed by atoms with Gasteiger partial charge < -0.3 is 5.32 Å². The van der Waals surface area contributed by atoms with Crippen LogP contribution in [0.3, 0.4) is 0 Å². The van der Waals surface area contributed by atoms with E-state index in [4.69, 9.17) is 0 Å². The number of hydrogen-bond acceptors (Lipinski definition) is 4. The molecule has 0 aliphatic heterocycles. The van der Waals surface area contributed by atoms with Crippen LogP contribution in [0.15, 0.2) is 59.8 Å². The second-order valence-corrected chi connectivity index (χ2v) is 8.53. The summed E-state index contributed by atoms with van der Waals surface area (Å²) in [5, 5.41) is 12.2. The maximum Gasteiger partial charge on any atom is 0.233 e. The summed E-state index contributed by atoms with van der Waals surface area (Å²) in [6.07, 6.45) is 1.91. The van der Waals surface area contributed by atoms with Gasteiger partial charge in [0, 0.05) is 5.69 Å². The Labute approximate surface area is 176 Å². The number of aryl methyl sites for hydroxylation is 2. The molecule has 1 N–H and O–H groups in total. The molecule has 0 aliphatic rings. The van der Waals surface area contributed by atoms with E-state index in [9.17, 15) is 4.79 Å². The zero-order valence-electron chi connectivity index (χ0n) is 17.4. The predicted molar refractivity (Wildman–Crippen MR) is 118 cm³/mol. The second kappa shape index (κ2) is 9.74. The molecule has 3 rings (SSSR count). The molecule has 0 unspecified atom stereocenters. The van der Waals surface area contributed by atoms with E-state index in [-0.39, 0.29) is 17.2 Å². The summed E-state index contributed by atoms with van der Waals surface area (Å²) in [6.45, 7) is 8.03. The molecule has 2 aromatic carbocycles. The van der Waals surface area contributed by atoms with Crippen LogP contribution in [0.2, 0.25) is 0 Å². The first-order valence-electron chi connectivity index (χ1n) is 10.0. The molecule has 3 aromatic rings. The Morgan fingerprint density at radius 2 is 1.86 bits per heavy atom. The van der Waals surface area contributed by atoms with Crippen molar-refractivity contribution in [3.63, 3.8) is 0 Å². The van der Waals surface area contributed by atoms with E-state index in [1.54, 1.807) is 0 Å². The Hall–Kier alpha value is -2.60. The molecule has 1 heterocycles. The normalized spacial score (nSPS) is 13.1. The molecule has 6 heteroatoms. The van der Waals surface area contributed by atoms with Gasteiger partial charge in [0.05, 0.1) is 11.3 Å². The summed E-state index contributed by atoms with van der Waals surface area (Å²) in [4.78, 5) is 12.9. The minimum Gasteiger partial charge on any atom is -0.348 e. The van der Waals surface area contributed by atoms with E-state index in [0.717, 1.165) is 35.1 Å². The highest BCUT2D eigenvalue weighted by Crippen LogP contribution is 2.27. The highest BCUT2D eigenvalue weighted by molar-refractivity contribution is 8.00. The van der Waals surface area contributed by atoms with Crippen LogP contribution in [0.5, 0.6) is 0 Å². The third-order valence-electron chi connectivity index (χ3n) is 4.80. The lowest BCUT2D eigenvalue weighted by Crippen LogP contribution is -2.34. The van der Waals surface area contributed by atoms with E-state index in [2.05, 4.69) is 53.6 Å². The van der Waals surface area contributed by atoms with Gasteiger partial charge in [-0.3, -0.25) is 9.36 Å². The first-order valence-corrected chi connectivity index (χ1v) is 10.9. The van der Waals surface area contributed by atoms with Crippen LogP contribution in [0.25, 0.3) is 5.69 Å². The van der Waals surface area contributed by atoms with Crippen molar-refractivity contribution >= 4 is 17.7 Å². The number of carbonyl (C=O) groups excluding carboxylic acids is 1. The number of aromatic nitrogens is 3. The Bertz CT molecular complexity index is 955. The van der Waals surface area contributed by atoms with Crippen molar-refractivity contribution < 1.29 is 4.79 Å². The van der Waals surface area contributed by atoms with Gasteiger partial charge >= 0.3 is 0 Å². The van der Waals surface area contributed by atoms with Crippen molar-refractivity contribution in [2.75, 3.05) is 0 Å². The summed E-state index contributed by atoms with van der Waals surface area (Å²) < 4.78 is 2.00. The fraction of sp³-hybridized carbons (Fsp3) is 0.348. The summed E-state index contributed by atoms with van der Waals surface area (Å²) >= 11 is 1.43. The molecule has 1 amide bonds. The molecule has 0 bridgehead atoms. The third-order valence-corrected chi connectivity index (χ3v) is 5.84. The number of benzene rings is 2. The van der Waals surface area contributed by atoms with Crippen LogP contribution in [0.4, 0.5) is 0 Å². The predicted octanol–water partition coefficient (Wildman–Crippen LogP) is 5.02. The molecule has 0 fully saturated rings. The molecule has 152 valence electrons. The Morgan fingerprint density at radius 1 is 1.10 bits per heavy atom. The Kier molecular flexibility index (Phi) is 7.09. The first kappa shape index (κ1) is 21.1. The average molecular weight is 409 g/mol. The van der Waals surface area contributed by atoms with Gasteiger partial charge in [0.1, 0.15) is 5.82 Å². The van der Waals surface area contributed by atoms with Crippen LogP contribution in [-0.4, -0.2) is 25.9 Å². The topological polar surface area (TPSA) is 59.8 Å². The highest BCUT2D eigenvalue weighted by Gasteiger charge is 2.22. The number of hydrogen-bond donors (Lipinski definition) is 1. The monoisotopic (exact) mass is 408 g/mol. The van der Waals surface area contributed by atoms with Crippen LogP contribution in [0, 0.1) is 13.8 Å². The summed E-state index contributed by atoms with van der Waals surface area (Å²) in [7, 11) is 0. The van der Waals surface area contributed by atoms with Gasteiger partial charge in [-0.25, -0.2) is 0 Å². The maximum absolute atomic E-state index is 12.9. The summed E-state index contributed by atoms with van der Waals surface area (Å²) in [5.74, 6) is 0.813. The average Bonchev–Trinajstić information content (AvgIpc) is 3.08. The van der Waals surface area contributed by atoms with Crippen molar-refractivity contribution in [2.45, 2.75) is 57.0 Å². The van der Waals surface area contributed by atoms with Gasteiger partial charge in [-0.05, 0) is 50.5 Å². The largest absolute Gasteiger partial charge is 0.348 e. The number of thioether (sulfide) groups is 1. The highest BCUT2D eigenvalue weighted by atomic mass is 32.2. The minimum atomic E-state index is -0.287. The molecule has 0 aliphatic carbocycles. The van der Waals surface area contributed by atoms with Crippen LogP contribution in [-0.2, 0) is 4.79 Å². The third kappa shape index (κ3) is 5.26. The van der Waals surface area contributed by atoms with Crippen LogP contribution >= 0.6 is 11.8 Å². The molecule has 5 nitrogen and oxygen atoms in total. The standard InChI is InChI=1S/C23H28N4OS/c1-5-10-21(19-12-7-6-8-13-19)24-22(28)17(3)29-23-26-25-18(4)27(23)20-14-9-11-16(2)15-20/h6-9,11-15,17,21H,5,10H2,1-4H3,(H,24,28)/t17-,21-/m0/s1. The number of nitrogens with one attached hydrogen (secondary N) is 1. The molecular formula is C23H28N4OS. The van der Waals surface area contributed by atoms with Gasteiger partial charge in [-0.1, -0.05) is 67.6 Å². The van der Waals surface area contributed by atoms with E-state index in [1.165, 1.54) is 17.3 Å². The molecule has 2 atom stereocenters. The number of nitrogens with zero attached hydrogens (tertiary/aromatic N) is 3. The van der Waals surface area contributed by atoms with Crippen molar-refractivity contribution in [2.24, 2.45) is 0 Å². The Morgan fingerprint density at radius 3 is 2.55 bits per heavy atom. The number of rotatable bonds is 8. The lowest BCUT2D eigenvalue weighted by molar-refractivity contribution is -0.121. The summed E-state index contributed by atoms with van der Waals surface area (Å²) in [6, 6.07) is 18.4. The SMILES string of the molecule is CCC[C@H](NC(=O)[C@H](C)Sc1nnc(C)n1-c1cccc(C)c1)c1ccccc1. The van der Waals surface area contributed by atoms with E-state index >= 15 is 0 Å². The molecule has 0 radical (unpaired) electrons. The zero-order chi connectivity index (χ0) is 20.8. The smallest absolute Gasteiger partial charge is 0.233 e. The van der Waals surface area contributed by atoms with E-state index < -0.39 is 0 Å². The van der Waals surface area contributed by atoms with E-state index in [0.29, 0.717) is 0 Å². The lowest BCUT2D eigenvalue weighted by Gasteiger charge is -2.21. The molecule has 29 heavy (non-hydrogen) atoms. The van der Waals surface area contributed by atoms with Crippen LogP contribution < -0.4 is 5.32 Å². The fourth-order valence-electron chi connectivity index (χ4n) is 3.28. The molecule has 0 spiro atoms. The van der Waals surface area contributed by atoms with Crippen molar-refractivity contribution in [3.8, 4) is 5.69 Å². The van der Waals surface area contributed by atoms with Crippen molar-refractivity contribution in [1.82, 2.24) is 20.1 Å². The quantitative estimate of drug-likeness (QED) is 0.532. The Balaban J connectivity index is 1.75. The zero-order valence-corrected chi connectivity index (χ0v) is 18.2. The van der Waals surface area contributed by atoms with Gasteiger partial charge in [-0.15, -0.1) is 10.2 Å². The first-order chi connectivity index (χ1) is 14.0.